The third-order valence-corrected chi connectivity index (χ3v) is 3.06. The van der Waals surface area contributed by atoms with Gasteiger partial charge in [-0.25, -0.2) is 4.98 Å². The molecule has 0 bridgehead atoms. The van der Waals surface area contributed by atoms with Crippen molar-refractivity contribution in [2.75, 3.05) is 0 Å². The van der Waals surface area contributed by atoms with Crippen molar-refractivity contribution in [2.45, 2.75) is 33.1 Å². The van der Waals surface area contributed by atoms with Crippen molar-refractivity contribution in [2.24, 2.45) is 0 Å². The zero-order chi connectivity index (χ0) is 13.3. The Hall–Kier alpha value is -1.90. The molecule has 1 N–H and O–H groups in total. The van der Waals surface area contributed by atoms with Crippen LogP contribution < -0.4 is 0 Å². The van der Waals surface area contributed by atoms with E-state index in [1.807, 2.05) is 19.1 Å². The van der Waals surface area contributed by atoms with Crippen LogP contribution in [0.1, 0.15) is 42.5 Å². The third-order valence-electron chi connectivity index (χ3n) is 3.06. The van der Waals surface area contributed by atoms with E-state index >= 15 is 0 Å². The molecule has 1 aromatic heterocycles. The van der Waals surface area contributed by atoms with Crippen LogP contribution in [0, 0.1) is 6.92 Å². The Balaban J connectivity index is 2.37. The highest BCUT2D eigenvalue weighted by atomic mass is 16.1. The van der Waals surface area contributed by atoms with Crippen LogP contribution in [0.4, 0.5) is 0 Å². The highest BCUT2D eigenvalue weighted by Crippen LogP contribution is 2.25. The molecule has 0 aliphatic rings. The minimum atomic E-state index is 0.144. The first kappa shape index (κ1) is 12.6. The van der Waals surface area contributed by atoms with Gasteiger partial charge in [0.2, 0.25) is 0 Å². The lowest BCUT2D eigenvalue weighted by atomic mass is 9.87. The maximum atomic E-state index is 10.8. The number of carbonyl (C=O) groups excluding carboxylic acids is 1. The monoisotopic (exact) mass is 242 g/mol. The second-order valence-corrected chi connectivity index (χ2v) is 5.54. The van der Waals surface area contributed by atoms with Gasteiger partial charge in [-0.05, 0) is 17.9 Å². The van der Waals surface area contributed by atoms with Gasteiger partial charge in [-0.3, -0.25) is 4.79 Å². The van der Waals surface area contributed by atoms with Crippen LogP contribution in [-0.4, -0.2) is 16.3 Å². The van der Waals surface area contributed by atoms with E-state index in [9.17, 15) is 4.79 Å². The van der Waals surface area contributed by atoms with Crippen molar-refractivity contribution >= 4 is 6.29 Å². The van der Waals surface area contributed by atoms with Crippen LogP contribution in [0.3, 0.4) is 0 Å². The molecular weight excluding hydrogens is 224 g/mol. The van der Waals surface area contributed by atoms with E-state index in [-0.39, 0.29) is 5.41 Å². The lowest BCUT2D eigenvalue weighted by molar-refractivity contribution is 0.111. The molecule has 1 heterocycles. The van der Waals surface area contributed by atoms with E-state index in [0.29, 0.717) is 5.69 Å². The summed E-state index contributed by atoms with van der Waals surface area (Å²) in [5, 5.41) is 0. The fraction of sp³-hybridized carbons (Fsp3) is 0.333. The van der Waals surface area contributed by atoms with E-state index in [4.69, 9.17) is 0 Å². The Morgan fingerprint density at radius 3 is 2.22 bits per heavy atom. The number of hydrogen-bond acceptors (Lipinski definition) is 2. The minimum absolute atomic E-state index is 0.144. The Bertz CT molecular complexity index is 559. The minimum Gasteiger partial charge on any atom is -0.341 e. The quantitative estimate of drug-likeness (QED) is 0.819. The molecule has 1 aromatic carbocycles. The van der Waals surface area contributed by atoms with E-state index in [2.05, 4.69) is 42.9 Å². The molecule has 3 heteroatoms. The summed E-state index contributed by atoms with van der Waals surface area (Å²) in [6, 6.07) is 8.28. The number of rotatable bonds is 2. The maximum Gasteiger partial charge on any atom is 0.170 e. The highest BCUT2D eigenvalue weighted by Gasteiger charge is 2.14. The standard InChI is InChI=1S/C15H18N2O/c1-10-13(9-18)17-14(16-10)11-5-7-12(8-6-11)15(2,3)4/h5-9H,1-4H3,(H,16,17). The number of nitrogens with one attached hydrogen (secondary N) is 1. The van der Waals surface area contributed by atoms with Gasteiger partial charge in [0, 0.05) is 11.3 Å². The number of H-pyrrole nitrogens is 1. The van der Waals surface area contributed by atoms with E-state index in [0.717, 1.165) is 23.4 Å². The maximum absolute atomic E-state index is 10.8. The largest absolute Gasteiger partial charge is 0.341 e. The molecule has 0 saturated carbocycles. The number of hydrogen-bond donors (Lipinski definition) is 1. The van der Waals surface area contributed by atoms with Crippen molar-refractivity contribution in [1.82, 2.24) is 9.97 Å². The zero-order valence-electron chi connectivity index (χ0n) is 11.2. The van der Waals surface area contributed by atoms with Crippen LogP contribution in [0.2, 0.25) is 0 Å². The number of aldehydes is 1. The van der Waals surface area contributed by atoms with Crippen LogP contribution in [0.25, 0.3) is 11.4 Å². The lowest BCUT2D eigenvalue weighted by Crippen LogP contribution is -2.10. The first-order chi connectivity index (χ1) is 8.41. The summed E-state index contributed by atoms with van der Waals surface area (Å²) in [5.41, 5.74) is 3.71. The molecule has 2 rings (SSSR count). The molecule has 0 amide bonds. The smallest absolute Gasteiger partial charge is 0.170 e. The predicted molar refractivity (Wildman–Crippen MR) is 72.8 cm³/mol. The number of imidazole rings is 1. The lowest BCUT2D eigenvalue weighted by Gasteiger charge is -2.18. The van der Waals surface area contributed by atoms with Gasteiger partial charge < -0.3 is 4.98 Å². The Kier molecular flexibility index (Phi) is 3.07. The van der Waals surface area contributed by atoms with Gasteiger partial charge >= 0.3 is 0 Å². The molecule has 0 atom stereocenters. The second-order valence-electron chi connectivity index (χ2n) is 5.54. The molecule has 0 radical (unpaired) electrons. The van der Waals surface area contributed by atoms with E-state index in [1.165, 1.54) is 5.56 Å². The molecular formula is C15H18N2O. The number of carbonyl (C=O) groups is 1. The second kappa shape index (κ2) is 4.41. The first-order valence-electron chi connectivity index (χ1n) is 6.04. The summed E-state index contributed by atoms with van der Waals surface area (Å²) in [4.78, 5) is 18.2. The zero-order valence-corrected chi connectivity index (χ0v) is 11.2. The van der Waals surface area contributed by atoms with Crippen molar-refractivity contribution in [3.63, 3.8) is 0 Å². The molecule has 0 aliphatic carbocycles. The van der Waals surface area contributed by atoms with Crippen LogP contribution in [-0.2, 0) is 5.41 Å². The van der Waals surface area contributed by atoms with Gasteiger partial charge in [-0.1, -0.05) is 45.0 Å². The van der Waals surface area contributed by atoms with Crippen molar-refractivity contribution in [3.8, 4) is 11.4 Å². The molecule has 0 spiro atoms. The Morgan fingerprint density at radius 2 is 1.78 bits per heavy atom. The molecule has 2 aromatic rings. The SMILES string of the molecule is Cc1[nH]c(-c2ccc(C(C)(C)C)cc2)nc1C=O. The van der Waals surface area contributed by atoms with Crippen molar-refractivity contribution < 1.29 is 4.79 Å². The number of benzene rings is 1. The van der Waals surface area contributed by atoms with E-state index < -0.39 is 0 Å². The number of aryl methyl sites for hydroxylation is 1. The highest BCUT2D eigenvalue weighted by molar-refractivity contribution is 5.75. The summed E-state index contributed by atoms with van der Waals surface area (Å²) >= 11 is 0. The Morgan fingerprint density at radius 1 is 1.17 bits per heavy atom. The molecule has 18 heavy (non-hydrogen) atoms. The summed E-state index contributed by atoms with van der Waals surface area (Å²) in [7, 11) is 0. The first-order valence-corrected chi connectivity index (χ1v) is 6.04. The average Bonchev–Trinajstić information content (AvgIpc) is 2.69. The topological polar surface area (TPSA) is 45.8 Å². The average molecular weight is 242 g/mol. The number of nitrogens with zero attached hydrogens (tertiary/aromatic N) is 1. The van der Waals surface area contributed by atoms with Gasteiger partial charge in [0.1, 0.15) is 11.5 Å². The molecule has 0 aliphatic heterocycles. The van der Waals surface area contributed by atoms with Crippen LogP contribution >= 0.6 is 0 Å². The van der Waals surface area contributed by atoms with Gasteiger partial charge in [-0.15, -0.1) is 0 Å². The molecule has 0 saturated heterocycles. The Labute approximate surface area is 107 Å². The van der Waals surface area contributed by atoms with Gasteiger partial charge in [0.05, 0.1) is 0 Å². The normalized spacial score (nSPS) is 11.6. The molecule has 94 valence electrons. The molecule has 3 nitrogen and oxygen atoms in total. The van der Waals surface area contributed by atoms with Crippen molar-refractivity contribution in [1.29, 1.82) is 0 Å². The van der Waals surface area contributed by atoms with Crippen LogP contribution in [0.5, 0.6) is 0 Å². The molecule has 0 fully saturated rings. The number of aromatic amines is 1. The summed E-state index contributed by atoms with van der Waals surface area (Å²) < 4.78 is 0. The summed E-state index contributed by atoms with van der Waals surface area (Å²) in [5.74, 6) is 0.745. The predicted octanol–water partition coefficient (Wildman–Crippen LogP) is 3.50. The number of aromatic nitrogens is 2. The van der Waals surface area contributed by atoms with Gasteiger partial charge in [-0.2, -0.15) is 0 Å². The van der Waals surface area contributed by atoms with E-state index in [1.54, 1.807) is 0 Å². The fourth-order valence-corrected chi connectivity index (χ4v) is 1.85. The van der Waals surface area contributed by atoms with Crippen molar-refractivity contribution in [3.05, 3.63) is 41.2 Å². The fourth-order valence-electron chi connectivity index (χ4n) is 1.85. The summed E-state index contributed by atoms with van der Waals surface area (Å²) in [6.45, 7) is 8.40. The van der Waals surface area contributed by atoms with Gasteiger partial charge in [0.25, 0.3) is 0 Å². The molecule has 0 unspecified atom stereocenters. The van der Waals surface area contributed by atoms with Crippen LogP contribution in [0.15, 0.2) is 24.3 Å². The third kappa shape index (κ3) is 2.35. The van der Waals surface area contributed by atoms with Gasteiger partial charge in [0.15, 0.2) is 6.29 Å². The summed E-state index contributed by atoms with van der Waals surface area (Å²) in [6.07, 6.45) is 0.777.